The van der Waals surface area contributed by atoms with Crippen LogP contribution in [0.15, 0.2) is 40.8 Å². The maximum Gasteiger partial charge on any atom is 0.269 e. The number of halogens is 2. The maximum atomic E-state index is 12.0. The topological polar surface area (TPSA) is 97.9 Å². The van der Waals surface area contributed by atoms with Gasteiger partial charge in [0.25, 0.3) is 5.95 Å². The van der Waals surface area contributed by atoms with E-state index in [9.17, 15) is 4.79 Å². The second-order valence-electron chi connectivity index (χ2n) is 5.85. The largest absolute Gasteiger partial charge is 0.457 e. The number of carbonyl (C=O) groups excluding carboxylic acids is 1. The molecule has 0 aliphatic heterocycles. The first-order valence-electron chi connectivity index (χ1n) is 8.57. The summed E-state index contributed by atoms with van der Waals surface area (Å²) in [5, 5.41) is 18.0. The van der Waals surface area contributed by atoms with Crippen molar-refractivity contribution in [2.75, 3.05) is 5.32 Å². The molecule has 8 nitrogen and oxygen atoms in total. The van der Waals surface area contributed by atoms with E-state index in [-0.39, 0.29) is 11.1 Å². The maximum absolute atomic E-state index is 12.0. The smallest absolute Gasteiger partial charge is 0.269 e. The summed E-state index contributed by atoms with van der Waals surface area (Å²) in [4.78, 5) is 13.5. The van der Waals surface area contributed by atoms with Crippen LogP contribution in [0.3, 0.4) is 0 Å². The molecule has 0 fully saturated rings. The van der Waals surface area contributed by atoms with Crippen molar-refractivity contribution in [2.24, 2.45) is 0 Å². The van der Waals surface area contributed by atoms with Gasteiger partial charge in [-0.15, -0.1) is 5.10 Å². The molecule has 2 N–H and O–H groups in total. The van der Waals surface area contributed by atoms with Gasteiger partial charge < -0.3 is 4.42 Å². The van der Waals surface area contributed by atoms with Crippen molar-refractivity contribution in [2.45, 2.75) is 19.9 Å². The Morgan fingerprint density at radius 1 is 1.28 bits per heavy atom. The summed E-state index contributed by atoms with van der Waals surface area (Å²) in [6.07, 6.45) is 3.69. The SMILES string of the molecule is CCCn1nnc(NC(=S)NC(=O)/C=C/c2ccc(-c3cc(Cl)cc(Cl)c3)o2)n1. The predicted molar refractivity (Wildman–Crippen MR) is 116 cm³/mol. The number of aromatic nitrogens is 4. The fourth-order valence-corrected chi connectivity index (χ4v) is 3.04. The average Bonchev–Trinajstić information content (AvgIpc) is 3.29. The van der Waals surface area contributed by atoms with E-state index in [2.05, 4.69) is 26.0 Å². The number of tetrazole rings is 1. The Morgan fingerprint density at radius 3 is 2.76 bits per heavy atom. The van der Waals surface area contributed by atoms with Crippen molar-refractivity contribution >= 4 is 58.5 Å². The lowest BCUT2D eigenvalue weighted by molar-refractivity contribution is -0.115. The van der Waals surface area contributed by atoms with E-state index < -0.39 is 5.91 Å². The summed E-state index contributed by atoms with van der Waals surface area (Å²) in [7, 11) is 0. The van der Waals surface area contributed by atoms with Crippen molar-refractivity contribution in [1.82, 2.24) is 25.5 Å². The van der Waals surface area contributed by atoms with Crippen LogP contribution >= 0.6 is 35.4 Å². The minimum Gasteiger partial charge on any atom is -0.457 e. The molecule has 3 aromatic rings. The minimum atomic E-state index is -0.438. The molecule has 0 aliphatic carbocycles. The van der Waals surface area contributed by atoms with Crippen LogP contribution in [0.4, 0.5) is 5.95 Å². The fraction of sp³-hybridized carbons (Fsp3) is 0.167. The van der Waals surface area contributed by atoms with Gasteiger partial charge in [0.15, 0.2) is 5.11 Å². The third-order valence-electron chi connectivity index (χ3n) is 3.51. The van der Waals surface area contributed by atoms with Crippen molar-refractivity contribution in [3.8, 4) is 11.3 Å². The van der Waals surface area contributed by atoms with Crippen LogP contribution in [0.5, 0.6) is 0 Å². The Hall–Kier alpha value is -2.75. The molecule has 0 saturated heterocycles. The van der Waals surface area contributed by atoms with Gasteiger partial charge in [0.2, 0.25) is 5.91 Å². The number of benzene rings is 1. The molecule has 150 valence electrons. The molecule has 2 heterocycles. The number of amides is 1. The van der Waals surface area contributed by atoms with E-state index in [4.69, 9.17) is 39.8 Å². The van der Waals surface area contributed by atoms with E-state index in [1.54, 1.807) is 30.3 Å². The Kier molecular flexibility index (Phi) is 6.97. The Morgan fingerprint density at radius 2 is 2.03 bits per heavy atom. The highest BCUT2D eigenvalue weighted by Crippen LogP contribution is 2.28. The molecule has 2 aromatic heterocycles. The first-order chi connectivity index (χ1) is 13.9. The van der Waals surface area contributed by atoms with E-state index in [0.29, 0.717) is 28.1 Å². The van der Waals surface area contributed by atoms with E-state index in [1.807, 2.05) is 6.92 Å². The predicted octanol–water partition coefficient (Wildman–Crippen LogP) is 4.18. The number of carbonyl (C=O) groups is 1. The molecular weight excluding hydrogens is 435 g/mol. The number of hydrogen-bond acceptors (Lipinski definition) is 6. The zero-order valence-electron chi connectivity index (χ0n) is 15.2. The molecule has 0 aliphatic rings. The van der Waals surface area contributed by atoms with Crippen molar-refractivity contribution < 1.29 is 9.21 Å². The molecular formula is C18H16Cl2N6O2S. The zero-order valence-corrected chi connectivity index (χ0v) is 17.6. The number of rotatable bonds is 6. The molecule has 1 aromatic carbocycles. The summed E-state index contributed by atoms with van der Waals surface area (Å²) >= 11 is 17.1. The number of anilines is 1. The van der Waals surface area contributed by atoms with Gasteiger partial charge in [-0.3, -0.25) is 15.4 Å². The van der Waals surface area contributed by atoms with Gasteiger partial charge in [0.1, 0.15) is 11.5 Å². The number of hydrogen-bond donors (Lipinski definition) is 2. The average molecular weight is 451 g/mol. The Labute approximate surface area is 181 Å². The van der Waals surface area contributed by atoms with Gasteiger partial charge in [-0.05, 0) is 60.3 Å². The summed E-state index contributed by atoms with van der Waals surface area (Å²) in [5.41, 5.74) is 0.737. The van der Waals surface area contributed by atoms with Crippen LogP contribution in [0.1, 0.15) is 19.1 Å². The zero-order chi connectivity index (χ0) is 20.8. The highest BCUT2D eigenvalue weighted by atomic mass is 35.5. The molecule has 0 unspecified atom stereocenters. The summed E-state index contributed by atoms with van der Waals surface area (Å²) in [6.45, 7) is 2.64. The van der Waals surface area contributed by atoms with Gasteiger partial charge in [-0.1, -0.05) is 35.2 Å². The Balaban J connectivity index is 1.56. The summed E-state index contributed by atoms with van der Waals surface area (Å²) in [6, 6.07) is 8.59. The van der Waals surface area contributed by atoms with Crippen molar-refractivity contribution in [3.05, 3.63) is 52.2 Å². The summed E-state index contributed by atoms with van der Waals surface area (Å²) < 4.78 is 5.69. The van der Waals surface area contributed by atoms with Gasteiger partial charge in [0, 0.05) is 21.7 Å². The standard InChI is InChI=1S/C18H16Cl2N6O2S/c1-2-7-26-24-17(23-25-26)22-18(29)21-16(27)6-4-14-3-5-15(28-14)11-8-12(19)10-13(20)9-11/h3-6,8-10H,2,7H2,1H3,(H2,21,22,24,27,29)/b6-4+. The minimum absolute atomic E-state index is 0.0596. The van der Waals surface area contributed by atoms with Crippen LogP contribution < -0.4 is 10.6 Å². The molecule has 11 heteroatoms. The van der Waals surface area contributed by atoms with Crippen LogP contribution in [0, 0.1) is 0 Å². The second-order valence-corrected chi connectivity index (χ2v) is 7.13. The van der Waals surface area contributed by atoms with Gasteiger partial charge in [-0.2, -0.15) is 4.80 Å². The van der Waals surface area contributed by atoms with Gasteiger partial charge in [-0.25, -0.2) is 0 Å². The van der Waals surface area contributed by atoms with Crippen molar-refractivity contribution in [3.63, 3.8) is 0 Å². The van der Waals surface area contributed by atoms with E-state index in [1.165, 1.54) is 16.9 Å². The number of nitrogens with zero attached hydrogens (tertiary/aromatic N) is 4. The normalized spacial score (nSPS) is 11.0. The van der Waals surface area contributed by atoms with E-state index >= 15 is 0 Å². The molecule has 1 amide bonds. The van der Waals surface area contributed by atoms with Gasteiger partial charge >= 0.3 is 0 Å². The van der Waals surface area contributed by atoms with Crippen molar-refractivity contribution in [1.29, 1.82) is 0 Å². The number of furan rings is 1. The third kappa shape index (κ3) is 6.11. The lowest BCUT2D eigenvalue weighted by Gasteiger charge is -2.03. The number of aryl methyl sites for hydroxylation is 1. The molecule has 0 saturated carbocycles. The third-order valence-corrected chi connectivity index (χ3v) is 4.15. The molecule has 0 bridgehead atoms. The Bertz CT molecular complexity index is 1040. The first kappa shape index (κ1) is 21.0. The first-order valence-corrected chi connectivity index (χ1v) is 9.73. The quantitative estimate of drug-likeness (QED) is 0.429. The molecule has 3 rings (SSSR count). The highest BCUT2D eigenvalue weighted by molar-refractivity contribution is 7.80. The van der Waals surface area contributed by atoms with Crippen LogP contribution in [-0.4, -0.2) is 31.2 Å². The molecule has 0 atom stereocenters. The number of nitrogens with one attached hydrogen (secondary N) is 2. The molecule has 0 spiro atoms. The summed E-state index contributed by atoms with van der Waals surface area (Å²) in [5.74, 6) is 0.831. The lowest BCUT2D eigenvalue weighted by Crippen LogP contribution is -2.33. The van der Waals surface area contributed by atoms with Crippen LogP contribution in [-0.2, 0) is 11.3 Å². The number of thiocarbonyl (C=S) groups is 1. The monoisotopic (exact) mass is 450 g/mol. The van der Waals surface area contributed by atoms with Crippen LogP contribution in [0.25, 0.3) is 17.4 Å². The fourth-order valence-electron chi connectivity index (χ4n) is 2.33. The lowest BCUT2D eigenvalue weighted by atomic mass is 10.2. The highest BCUT2D eigenvalue weighted by Gasteiger charge is 2.08. The molecule has 0 radical (unpaired) electrons. The second kappa shape index (κ2) is 9.64. The molecule has 29 heavy (non-hydrogen) atoms. The van der Waals surface area contributed by atoms with Gasteiger partial charge in [0.05, 0.1) is 6.54 Å². The van der Waals surface area contributed by atoms with Crippen LogP contribution in [0.2, 0.25) is 10.0 Å². The van der Waals surface area contributed by atoms with E-state index in [0.717, 1.165) is 12.0 Å².